The molecule has 0 fully saturated rings. The van der Waals surface area contributed by atoms with Crippen molar-refractivity contribution in [2.45, 2.75) is 25.9 Å². The molecule has 1 unspecified atom stereocenters. The van der Waals surface area contributed by atoms with E-state index in [2.05, 4.69) is 20.8 Å². The lowest BCUT2D eigenvalue weighted by Crippen LogP contribution is -2.06. The fourth-order valence-corrected chi connectivity index (χ4v) is 0.368. The van der Waals surface area contributed by atoms with Gasteiger partial charge in [0, 0.05) is 6.61 Å². The third-order valence-corrected chi connectivity index (χ3v) is 0.953. The summed E-state index contributed by atoms with van der Waals surface area (Å²) in [6, 6.07) is 0. The van der Waals surface area contributed by atoms with Gasteiger partial charge in [0.25, 0.3) is 0 Å². The van der Waals surface area contributed by atoms with E-state index in [1.807, 2.05) is 0 Å². The Balaban J connectivity index is 2.86. The van der Waals surface area contributed by atoms with Gasteiger partial charge in [0.1, 0.15) is 0 Å². The van der Waals surface area contributed by atoms with Crippen LogP contribution in [-0.4, -0.2) is 12.7 Å². The van der Waals surface area contributed by atoms with Crippen LogP contribution in [0.2, 0.25) is 0 Å². The standard InChI is InChI=1S/C7H14O/c1-4-6-8-7(3)5-2/h7H,1,3-6H2,2H3. The zero-order valence-corrected chi connectivity index (χ0v) is 5.52. The Morgan fingerprint density at radius 3 is 2.62 bits per heavy atom. The quantitative estimate of drug-likeness (QED) is 0.542. The van der Waals surface area contributed by atoms with E-state index in [-0.39, 0.29) is 6.10 Å². The maximum absolute atomic E-state index is 5.17. The average Bonchev–Trinajstić information content (AvgIpc) is 1.83. The van der Waals surface area contributed by atoms with E-state index in [4.69, 9.17) is 4.74 Å². The highest BCUT2D eigenvalue weighted by Gasteiger charge is 1.94. The van der Waals surface area contributed by atoms with E-state index in [0.717, 1.165) is 19.4 Å². The molecule has 48 valence electrons. The molecule has 0 heterocycles. The fraction of sp³-hybridized carbons (Fsp3) is 0.714. The smallest absolute Gasteiger partial charge is 0.0573 e. The highest BCUT2D eigenvalue weighted by molar-refractivity contribution is 4.55. The van der Waals surface area contributed by atoms with Crippen LogP contribution >= 0.6 is 0 Å². The van der Waals surface area contributed by atoms with E-state index >= 15 is 0 Å². The Bertz CT molecular complexity index is 43.7. The molecule has 0 amide bonds. The monoisotopic (exact) mass is 114 g/mol. The molecule has 0 bridgehead atoms. The normalized spacial score (nSPS) is 13.9. The summed E-state index contributed by atoms with van der Waals surface area (Å²) in [6.45, 7) is 10.2. The highest BCUT2D eigenvalue weighted by atomic mass is 16.5. The molecule has 0 aliphatic heterocycles. The van der Waals surface area contributed by atoms with Crippen LogP contribution in [0.5, 0.6) is 0 Å². The number of ether oxygens (including phenoxy) is 1. The van der Waals surface area contributed by atoms with Crippen LogP contribution in [0.25, 0.3) is 0 Å². The van der Waals surface area contributed by atoms with Crippen LogP contribution in [0.1, 0.15) is 19.8 Å². The van der Waals surface area contributed by atoms with Gasteiger partial charge in [-0.05, 0) is 19.8 Å². The first kappa shape index (κ1) is 7.96. The Kier molecular flexibility index (Phi) is 5.08. The summed E-state index contributed by atoms with van der Waals surface area (Å²) in [7, 11) is 0. The van der Waals surface area contributed by atoms with E-state index in [9.17, 15) is 0 Å². The first-order chi connectivity index (χ1) is 3.81. The fourth-order valence-electron chi connectivity index (χ4n) is 0.368. The average molecular weight is 114 g/mol. The highest BCUT2D eigenvalue weighted by Crippen LogP contribution is 1.94. The van der Waals surface area contributed by atoms with Crippen molar-refractivity contribution in [3.05, 3.63) is 13.8 Å². The maximum Gasteiger partial charge on any atom is 0.0573 e. The van der Waals surface area contributed by atoms with Crippen molar-refractivity contribution in [3.63, 3.8) is 0 Å². The van der Waals surface area contributed by atoms with Gasteiger partial charge in [-0.25, -0.2) is 0 Å². The SMILES string of the molecule is [CH2]CCOC([CH2])CC. The summed E-state index contributed by atoms with van der Waals surface area (Å²) in [4.78, 5) is 0. The predicted octanol–water partition coefficient (Wildman–Crippen LogP) is 1.84. The number of hydrogen-bond acceptors (Lipinski definition) is 1. The summed E-state index contributed by atoms with van der Waals surface area (Å²) in [5.41, 5.74) is 0. The molecule has 1 atom stereocenters. The zero-order valence-electron chi connectivity index (χ0n) is 5.52. The third-order valence-electron chi connectivity index (χ3n) is 0.953. The molecular formula is C7H14O. The van der Waals surface area contributed by atoms with E-state index < -0.39 is 0 Å². The van der Waals surface area contributed by atoms with Crippen LogP contribution in [0.3, 0.4) is 0 Å². The van der Waals surface area contributed by atoms with Gasteiger partial charge < -0.3 is 4.74 Å². The molecular weight excluding hydrogens is 100 g/mol. The molecule has 0 aromatic rings. The lowest BCUT2D eigenvalue weighted by Gasteiger charge is -2.07. The van der Waals surface area contributed by atoms with Crippen molar-refractivity contribution < 1.29 is 4.74 Å². The van der Waals surface area contributed by atoms with Gasteiger partial charge in [-0.2, -0.15) is 0 Å². The first-order valence-electron chi connectivity index (χ1n) is 3.05. The van der Waals surface area contributed by atoms with Gasteiger partial charge >= 0.3 is 0 Å². The van der Waals surface area contributed by atoms with E-state index in [1.54, 1.807) is 0 Å². The van der Waals surface area contributed by atoms with Crippen molar-refractivity contribution in [1.82, 2.24) is 0 Å². The summed E-state index contributed by atoms with van der Waals surface area (Å²) in [5, 5.41) is 0. The molecule has 2 radical (unpaired) electrons. The predicted molar refractivity (Wildman–Crippen MR) is 35.4 cm³/mol. The number of hydrogen-bond donors (Lipinski definition) is 0. The minimum atomic E-state index is 0.164. The number of rotatable bonds is 4. The van der Waals surface area contributed by atoms with Crippen LogP contribution < -0.4 is 0 Å². The second kappa shape index (κ2) is 5.10. The molecule has 0 aliphatic rings. The topological polar surface area (TPSA) is 9.23 Å². The summed E-state index contributed by atoms with van der Waals surface area (Å²) in [6.07, 6.45) is 1.99. The molecule has 0 saturated carbocycles. The van der Waals surface area contributed by atoms with Gasteiger partial charge in [0.2, 0.25) is 0 Å². The van der Waals surface area contributed by atoms with Gasteiger partial charge in [-0.3, -0.25) is 0 Å². The molecule has 1 heteroatoms. The first-order valence-corrected chi connectivity index (χ1v) is 3.05. The summed E-state index contributed by atoms with van der Waals surface area (Å²) >= 11 is 0. The molecule has 0 saturated heterocycles. The molecule has 0 aromatic carbocycles. The maximum atomic E-state index is 5.17. The van der Waals surface area contributed by atoms with Crippen molar-refractivity contribution in [2.75, 3.05) is 6.61 Å². The Labute approximate surface area is 52.0 Å². The molecule has 0 spiro atoms. The minimum absolute atomic E-state index is 0.164. The van der Waals surface area contributed by atoms with Gasteiger partial charge in [-0.15, -0.1) is 0 Å². The Morgan fingerprint density at radius 1 is 1.62 bits per heavy atom. The van der Waals surface area contributed by atoms with Gasteiger partial charge in [0.05, 0.1) is 6.10 Å². The van der Waals surface area contributed by atoms with Gasteiger partial charge in [-0.1, -0.05) is 13.8 Å². The molecule has 0 aromatic heterocycles. The molecule has 0 N–H and O–H groups in total. The summed E-state index contributed by atoms with van der Waals surface area (Å²) in [5.74, 6) is 0. The van der Waals surface area contributed by atoms with Crippen molar-refractivity contribution >= 4 is 0 Å². The van der Waals surface area contributed by atoms with Crippen LogP contribution in [-0.2, 0) is 4.74 Å². The molecule has 0 aliphatic carbocycles. The Hall–Kier alpha value is -0.0400. The van der Waals surface area contributed by atoms with Crippen molar-refractivity contribution in [2.24, 2.45) is 0 Å². The Morgan fingerprint density at radius 2 is 2.25 bits per heavy atom. The lowest BCUT2D eigenvalue weighted by molar-refractivity contribution is 0.0843. The van der Waals surface area contributed by atoms with Crippen LogP contribution in [0, 0.1) is 13.8 Å². The molecule has 8 heavy (non-hydrogen) atoms. The van der Waals surface area contributed by atoms with Gasteiger partial charge in [0.15, 0.2) is 0 Å². The van der Waals surface area contributed by atoms with Crippen LogP contribution in [0.4, 0.5) is 0 Å². The minimum Gasteiger partial charge on any atom is -0.378 e. The van der Waals surface area contributed by atoms with Crippen LogP contribution in [0.15, 0.2) is 0 Å². The second-order valence-corrected chi connectivity index (χ2v) is 1.75. The lowest BCUT2D eigenvalue weighted by atomic mass is 10.3. The molecule has 1 nitrogen and oxygen atoms in total. The zero-order chi connectivity index (χ0) is 6.41. The van der Waals surface area contributed by atoms with E-state index in [0.29, 0.717) is 0 Å². The molecule has 0 rings (SSSR count). The third kappa shape index (κ3) is 4.13. The summed E-state index contributed by atoms with van der Waals surface area (Å²) < 4.78 is 5.17. The van der Waals surface area contributed by atoms with Crippen molar-refractivity contribution in [1.29, 1.82) is 0 Å². The van der Waals surface area contributed by atoms with E-state index in [1.165, 1.54) is 0 Å². The largest absolute Gasteiger partial charge is 0.378 e. The second-order valence-electron chi connectivity index (χ2n) is 1.75. The van der Waals surface area contributed by atoms with Crippen molar-refractivity contribution in [3.8, 4) is 0 Å².